The van der Waals surface area contributed by atoms with Gasteiger partial charge in [0.1, 0.15) is 11.6 Å². The number of carbonyl (C=O) groups is 5. The Labute approximate surface area is 272 Å². The summed E-state index contributed by atoms with van der Waals surface area (Å²) in [6, 6.07) is 7.46. The van der Waals surface area contributed by atoms with Gasteiger partial charge in [-0.05, 0) is 52.2 Å². The fourth-order valence-corrected chi connectivity index (χ4v) is 5.01. The predicted molar refractivity (Wildman–Crippen MR) is 168 cm³/mol. The Balaban J connectivity index is 1.34. The van der Waals surface area contributed by atoms with E-state index in [0.29, 0.717) is 48.4 Å². The highest BCUT2D eigenvalue weighted by atomic mass is 16.6. The third-order valence-electron chi connectivity index (χ3n) is 7.22. The lowest BCUT2D eigenvalue weighted by molar-refractivity contribution is -0.137. The van der Waals surface area contributed by atoms with Crippen LogP contribution < -0.4 is 30.2 Å². The van der Waals surface area contributed by atoms with E-state index in [0.717, 1.165) is 0 Å². The van der Waals surface area contributed by atoms with Gasteiger partial charge in [-0.1, -0.05) is 6.07 Å². The van der Waals surface area contributed by atoms with E-state index in [-0.39, 0.29) is 61.0 Å². The topological polar surface area (TPSA) is 186 Å². The van der Waals surface area contributed by atoms with Gasteiger partial charge in [-0.3, -0.25) is 24.5 Å². The molecule has 15 heteroatoms. The molecule has 2 heterocycles. The fourth-order valence-electron chi connectivity index (χ4n) is 5.01. The van der Waals surface area contributed by atoms with Crippen molar-refractivity contribution in [2.24, 2.45) is 10.2 Å². The Morgan fingerprint density at radius 2 is 1.68 bits per heavy atom. The maximum atomic E-state index is 13.1. The Hall–Kier alpha value is -5.21. The summed E-state index contributed by atoms with van der Waals surface area (Å²) in [6.45, 7) is 6.05. The van der Waals surface area contributed by atoms with Gasteiger partial charge in [0, 0.05) is 49.3 Å². The summed E-state index contributed by atoms with van der Waals surface area (Å²) in [7, 11) is 2.88. The van der Waals surface area contributed by atoms with Gasteiger partial charge in [0.25, 0.3) is 11.8 Å². The molecule has 0 spiro atoms. The second-order valence-electron chi connectivity index (χ2n) is 11.9. The smallest absolute Gasteiger partial charge is 0.407 e. The summed E-state index contributed by atoms with van der Waals surface area (Å²) in [5.74, 6) is -0.777. The van der Waals surface area contributed by atoms with Crippen LogP contribution in [-0.4, -0.2) is 80.2 Å². The monoisotopic (exact) mass is 652 g/mol. The minimum atomic E-state index is -0.742. The average Bonchev–Trinajstić information content (AvgIpc) is 3.35. The summed E-state index contributed by atoms with van der Waals surface area (Å²) >= 11 is 0. The molecule has 47 heavy (non-hydrogen) atoms. The van der Waals surface area contributed by atoms with Crippen molar-refractivity contribution in [3.05, 3.63) is 41.5 Å². The van der Waals surface area contributed by atoms with Crippen LogP contribution in [0, 0.1) is 0 Å². The van der Waals surface area contributed by atoms with Gasteiger partial charge in [0.15, 0.2) is 18.1 Å². The molecule has 1 atom stereocenters. The van der Waals surface area contributed by atoms with Crippen molar-refractivity contribution in [3.63, 3.8) is 0 Å². The number of benzene rings is 2. The highest BCUT2D eigenvalue weighted by Gasteiger charge is 2.40. The minimum Gasteiger partial charge on any atom is -0.493 e. The van der Waals surface area contributed by atoms with E-state index < -0.39 is 23.6 Å². The highest BCUT2D eigenvalue weighted by Crippen LogP contribution is 2.42. The lowest BCUT2D eigenvalue weighted by atomic mass is 10.0. The maximum absolute atomic E-state index is 13.1. The van der Waals surface area contributed by atoms with E-state index in [4.69, 9.17) is 18.9 Å². The number of azo groups is 1. The first-order valence-electron chi connectivity index (χ1n) is 15.2. The molecule has 0 bridgehead atoms. The first-order valence-corrected chi connectivity index (χ1v) is 15.2. The van der Waals surface area contributed by atoms with Crippen LogP contribution in [0.25, 0.3) is 0 Å². The molecule has 2 aliphatic rings. The number of hydrogen-bond acceptors (Lipinski definition) is 11. The molecule has 0 aliphatic carbocycles. The molecule has 2 aromatic rings. The molecule has 0 radical (unpaired) electrons. The van der Waals surface area contributed by atoms with Crippen LogP contribution in [0.15, 0.2) is 40.6 Å². The van der Waals surface area contributed by atoms with Gasteiger partial charge >= 0.3 is 6.09 Å². The second kappa shape index (κ2) is 15.4. The molecular formula is C32H40N6O9. The SMILES string of the molecule is COc1cc(N=Nc2cccc3c2CN(C2CCC(=O)NC2=O)C3=O)cc(OC)c1OCC(=O)NCCCCNC(=O)OC(C)(C)C. The fraction of sp³-hybridized carbons (Fsp3) is 0.469. The van der Waals surface area contributed by atoms with Gasteiger partial charge in [-0.15, -0.1) is 0 Å². The summed E-state index contributed by atoms with van der Waals surface area (Å²) in [6.07, 6.45) is 1.23. The Morgan fingerprint density at radius 3 is 2.32 bits per heavy atom. The van der Waals surface area contributed by atoms with E-state index in [1.165, 1.54) is 19.1 Å². The minimum absolute atomic E-state index is 0.153. The van der Waals surface area contributed by atoms with Crippen molar-refractivity contribution in [2.75, 3.05) is 33.9 Å². The number of imide groups is 1. The number of unbranched alkanes of at least 4 members (excludes halogenated alkanes) is 1. The molecule has 1 unspecified atom stereocenters. The number of methoxy groups -OCH3 is 2. The van der Waals surface area contributed by atoms with Gasteiger partial charge in [0.05, 0.1) is 25.6 Å². The maximum Gasteiger partial charge on any atom is 0.407 e. The molecule has 0 aromatic heterocycles. The van der Waals surface area contributed by atoms with E-state index >= 15 is 0 Å². The van der Waals surface area contributed by atoms with Crippen LogP contribution in [0.2, 0.25) is 0 Å². The van der Waals surface area contributed by atoms with E-state index in [1.54, 1.807) is 51.1 Å². The number of fused-ring (bicyclic) bond motifs is 1. The zero-order chi connectivity index (χ0) is 34.1. The highest BCUT2D eigenvalue weighted by molar-refractivity contribution is 6.06. The van der Waals surface area contributed by atoms with Crippen LogP contribution in [0.5, 0.6) is 17.2 Å². The van der Waals surface area contributed by atoms with Crippen LogP contribution >= 0.6 is 0 Å². The van der Waals surface area contributed by atoms with Crippen molar-refractivity contribution in [1.29, 1.82) is 0 Å². The Kier molecular flexibility index (Phi) is 11.3. The number of amides is 5. The molecular weight excluding hydrogens is 612 g/mol. The number of piperidine rings is 1. The van der Waals surface area contributed by atoms with Gasteiger partial charge < -0.3 is 34.5 Å². The zero-order valence-electron chi connectivity index (χ0n) is 27.1. The molecule has 252 valence electrons. The predicted octanol–water partition coefficient (Wildman–Crippen LogP) is 3.68. The largest absolute Gasteiger partial charge is 0.493 e. The van der Waals surface area contributed by atoms with Crippen molar-refractivity contribution >= 4 is 41.1 Å². The average molecular weight is 653 g/mol. The number of hydrogen-bond donors (Lipinski definition) is 3. The van der Waals surface area contributed by atoms with Crippen molar-refractivity contribution in [3.8, 4) is 17.2 Å². The standard InChI is InChI=1S/C32H40N6O9/c1-32(2,3)47-31(43)34-14-7-6-13-33-27(40)18-46-28-24(44-4)15-19(16-25(28)45-5)36-37-22-10-8-9-20-21(22)17-38(30(20)42)23-11-12-26(39)35-29(23)41/h8-10,15-16,23H,6-7,11-14,17-18H2,1-5H3,(H,33,40)(H,34,43)(H,35,39,41). The van der Waals surface area contributed by atoms with Gasteiger partial charge in [-0.25, -0.2) is 4.79 Å². The third-order valence-corrected chi connectivity index (χ3v) is 7.22. The summed E-state index contributed by atoms with van der Waals surface area (Å²) < 4.78 is 21.9. The molecule has 2 aliphatic heterocycles. The molecule has 0 saturated carbocycles. The van der Waals surface area contributed by atoms with Crippen LogP contribution in [-0.2, 0) is 25.7 Å². The van der Waals surface area contributed by atoms with Gasteiger partial charge in [-0.2, -0.15) is 10.2 Å². The first-order chi connectivity index (χ1) is 22.4. The molecule has 15 nitrogen and oxygen atoms in total. The van der Waals surface area contributed by atoms with Crippen molar-refractivity contribution in [2.45, 2.75) is 64.6 Å². The molecule has 1 saturated heterocycles. The number of ether oxygens (including phenoxy) is 4. The summed E-state index contributed by atoms with van der Waals surface area (Å²) in [4.78, 5) is 62.7. The molecule has 3 N–H and O–H groups in total. The lowest BCUT2D eigenvalue weighted by Gasteiger charge is -2.29. The van der Waals surface area contributed by atoms with Crippen LogP contribution in [0.4, 0.5) is 16.2 Å². The number of alkyl carbamates (subject to hydrolysis) is 1. The normalized spacial score (nSPS) is 16.1. The number of nitrogens with zero attached hydrogens (tertiary/aromatic N) is 3. The van der Waals surface area contributed by atoms with Crippen LogP contribution in [0.1, 0.15) is 62.4 Å². The Bertz CT molecular complexity index is 1530. The van der Waals surface area contributed by atoms with Gasteiger partial charge in [0.2, 0.25) is 17.6 Å². The zero-order valence-corrected chi connectivity index (χ0v) is 27.1. The number of carbonyl (C=O) groups excluding carboxylic acids is 5. The Morgan fingerprint density at radius 1 is 1.00 bits per heavy atom. The quantitative estimate of drug-likeness (QED) is 0.165. The van der Waals surface area contributed by atoms with E-state index in [9.17, 15) is 24.0 Å². The van der Waals surface area contributed by atoms with E-state index in [1.807, 2.05) is 0 Å². The third kappa shape index (κ3) is 9.17. The number of nitrogens with one attached hydrogen (secondary N) is 3. The first kappa shape index (κ1) is 34.7. The van der Waals surface area contributed by atoms with Crippen molar-refractivity contribution in [1.82, 2.24) is 20.9 Å². The molecule has 2 aromatic carbocycles. The summed E-state index contributed by atoms with van der Waals surface area (Å²) in [5.41, 5.74) is 1.28. The van der Waals surface area contributed by atoms with Crippen molar-refractivity contribution < 1.29 is 42.9 Å². The van der Waals surface area contributed by atoms with E-state index in [2.05, 4.69) is 26.2 Å². The second-order valence-corrected chi connectivity index (χ2v) is 11.9. The summed E-state index contributed by atoms with van der Waals surface area (Å²) in [5, 5.41) is 16.4. The number of rotatable bonds is 13. The lowest BCUT2D eigenvalue weighted by Crippen LogP contribution is -2.52. The molecule has 5 amide bonds. The molecule has 4 rings (SSSR count). The van der Waals surface area contributed by atoms with Crippen LogP contribution in [0.3, 0.4) is 0 Å². The molecule has 1 fully saturated rings.